The van der Waals surface area contributed by atoms with Crippen molar-refractivity contribution in [3.05, 3.63) is 83.2 Å². The molecule has 0 unspecified atom stereocenters. The average molecular weight is 394 g/mol. The van der Waals surface area contributed by atoms with Crippen LogP contribution >= 0.6 is 12.2 Å². The van der Waals surface area contributed by atoms with E-state index in [1.807, 2.05) is 30.3 Å². The Morgan fingerprint density at radius 1 is 1.04 bits per heavy atom. The molecular weight excluding hydrogens is 380 g/mol. The second-order valence-electron chi connectivity index (χ2n) is 5.67. The Morgan fingerprint density at radius 2 is 1.78 bits per heavy atom. The molecule has 2 N–H and O–H groups in total. The van der Waals surface area contributed by atoms with Crippen molar-refractivity contribution in [1.29, 1.82) is 0 Å². The third-order valence-corrected chi connectivity index (χ3v) is 3.96. The summed E-state index contributed by atoms with van der Waals surface area (Å²) in [6.07, 6.45) is 2.84. The van der Waals surface area contributed by atoms with Gasteiger partial charge in [0.25, 0.3) is 0 Å². The van der Waals surface area contributed by atoms with E-state index in [1.165, 1.54) is 17.1 Å². The van der Waals surface area contributed by atoms with Crippen LogP contribution in [0, 0.1) is 23.3 Å². The van der Waals surface area contributed by atoms with Gasteiger partial charge in [-0.25, -0.2) is 17.6 Å². The Morgan fingerprint density at radius 3 is 2.52 bits per heavy atom. The molecule has 0 saturated carbocycles. The van der Waals surface area contributed by atoms with Crippen LogP contribution in [0.15, 0.2) is 48.8 Å². The molecule has 0 spiro atoms. The molecule has 0 radical (unpaired) electrons. The number of nitrogens with zero attached hydrogens (tertiary/aromatic N) is 2. The molecule has 0 amide bonds. The Bertz CT molecular complexity index is 959. The number of anilines is 1. The van der Waals surface area contributed by atoms with Gasteiger partial charge in [-0.05, 0) is 17.8 Å². The fourth-order valence-electron chi connectivity index (χ4n) is 2.38. The van der Waals surface area contributed by atoms with Gasteiger partial charge in [-0.15, -0.1) is 0 Å². The topological polar surface area (TPSA) is 41.9 Å². The number of hydrogen-bond donors (Lipinski definition) is 2. The van der Waals surface area contributed by atoms with Gasteiger partial charge in [0.2, 0.25) is 0 Å². The highest BCUT2D eigenvalue weighted by molar-refractivity contribution is 7.80. The van der Waals surface area contributed by atoms with E-state index in [0.29, 0.717) is 23.4 Å². The molecule has 4 nitrogen and oxygen atoms in total. The van der Waals surface area contributed by atoms with Crippen molar-refractivity contribution in [2.75, 3.05) is 5.32 Å². The third kappa shape index (κ3) is 4.62. The van der Waals surface area contributed by atoms with Gasteiger partial charge in [0.05, 0.1) is 18.4 Å². The summed E-state index contributed by atoms with van der Waals surface area (Å²) >= 11 is 5.18. The van der Waals surface area contributed by atoms with E-state index in [0.717, 1.165) is 5.56 Å². The molecule has 0 saturated heterocycles. The Balaban J connectivity index is 1.62. The van der Waals surface area contributed by atoms with E-state index in [9.17, 15) is 17.6 Å². The van der Waals surface area contributed by atoms with Crippen LogP contribution in [0.5, 0.6) is 0 Å². The summed E-state index contributed by atoms with van der Waals surface area (Å²) in [6, 6.07) is 9.92. The number of halogens is 4. The highest BCUT2D eigenvalue weighted by Crippen LogP contribution is 2.20. The zero-order valence-electron chi connectivity index (χ0n) is 13.8. The Kier molecular flexibility index (Phi) is 5.70. The number of benzene rings is 2. The van der Waals surface area contributed by atoms with Crippen LogP contribution in [0.1, 0.15) is 11.1 Å². The first-order chi connectivity index (χ1) is 12.9. The van der Waals surface area contributed by atoms with Crippen LogP contribution in [-0.4, -0.2) is 14.9 Å². The van der Waals surface area contributed by atoms with E-state index < -0.39 is 35.4 Å². The van der Waals surface area contributed by atoms with E-state index in [4.69, 9.17) is 12.2 Å². The normalized spacial score (nSPS) is 10.7. The predicted molar refractivity (Wildman–Crippen MR) is 97.1 cm³/mol. The lowest BCUT2D eigenvalue weighted by Crippen LogP contribution is -2.27. The number of aromatic nitrogens is 2. The highest BCUT2D eigenvalue weighted by atomic mass is 32.1. The summed E-state index contributed by atoms with van der Waals surface area (Å²) in [5, 5.41) is 10.2. The summed E-state index contributed by atoms with van der Waals surface area (Å²) in [5.74, 6) is -6.05. The summed E-state index contributed by atoms with van der Waals surface area (Å²) in [7, 11) is 0. The van der Waals surface area contributed by atoms with E-state index in [-0.39, 0.29) is 0 Å². The molecular formula is C18H14F4N4S. The number of rotatable bonds is 5. The smallest absolute Gasteiger partial charge is 0.194 e. The van der Waals surface area contributed by atoms with Gasteiger partial charge in [0.1, 0.15) is 5.82 Å². The Labute approximate surface area is 157 Å². The maximum Gasteiger partial charge on any atom is 0.194 e. The van der Waals surface area contributed by atoms with Crippen molar-refractivity contribution < 1.29 is 17.6 Å². The first kappa shape index (κ1) is 18.8. The predicted octanol–water partition coefficient (Wildman–Crippen LogP) is 3.97. The van der Waals surface area contributed by atoms with E-state index in [1.54, 1.807) is 0 Å². The maximum atomic E-state index is 13.7. The molecule has 2 aromatic carbocycles. The van der Waals surface area contributed by atoms with Crippen molar-refractivity contribution in [1.82, 2.24) is 15.1 Å². The molecule has 0 aliphatic carbocycles. The molecule has 3 rings (SSSR count). The van der Waals surface area contributed by atoms with Gasteiger partial charge in [0.15, 0.2) is 22.6 Å². The zero-order valence-corrected chi connectivity index (χ0v) is 14.7. The van der Waals surface area contributed by atoms with Crippen LogP contribution in [-0.2, 0) is 13.1 Å². The minimum absolute atomic E-state index is 0.305. The molecule has 140 valence electrons. The standard InChI is InChI=1S/C18H14F4N4S/c19-14-6-15(20)17(22)16(21)13(14)10-26-9-12(8-24-26)25-18(27)23-7-11-4-2-1-3-5-11/h1-6,8-9H,7,10H2,(H2,23,25,27). The molecule has 3 aromatic rings. The molecule has 1 heterocycles. The van der Waals surface area contributed by atoms with Gasteiger partial charge < -0.3 is 10.6 Å². The highest BCUT2D eigenvalue weighted by Gasteiger charge is 2.19. The molecule has 9 heteroatoms. The van der Waals surface area contributed by atoms with Crippen molar-refractivity contribution in [3.63, 3.8) is 0 Å². The Hall–Kier alpha value is -2.94. The van der Waals surface area contributed by atoms with E-state index in [2.05, 4.69) is 15.7 Å². The van der Waals surface area contributed by atoms with Crippen molar-refractivity contribution in [2.24, 2.45) is 0 Å². The lowest BCUT2D eigenvalue weighted by molar-refractivity contribution is 0.420. The number of nitrogens with one attached hydrogen (secondary N) is 2. The molecule has 27 heavy (non-hydrogen) atoms. The summed E-state index contributed by atoms with van der Waals surface area (Å²) in [5.41, 5.74) is 0.902. The zero-order chi connectivity index (χ0) is 19.4. The molecule has 0 bridgehead atoms. The maximum absolute atomic E-state index is 13.7. The van der Waals surface area contributed by atoms with Crippen LogP contribution in [0.2, 0.25) is 0 Å². The van der Waals surface area contributed by atoms with Gasteiger partial charge in [-0.3, -0.25) is 4.68 Å². The largest absolute Gasteiger partial charge is 0.358 e. The van der Waals surface area contributed by atoms with Gasteiger partial charge >= 0.3 is 0 Å². The minimum atomic E-state index is -1.72. The molecule has 0 aliphatic rings. The molecule has 1 aromatic heterocycles. The fraction of sp³-hybridized carbons (Fsp3) is 0.111. The second-order valence-corrected chi connectivity index (χ2v) is 6.07. The first-order valence-electron chi connectivity index (χ1n) is 7.87. The fourth-order valence-corrected chi connectivity index (χ4v) is 2.57. The van der Waals surface area contributed by atoms with Gasteiger partial charge in [-0.1, -0.05) is 30.3 Å². The van der Waals surface area contributed by atoms with E-state index >= 15 is 0 Å². The van der Waals surface area contributed by atoms with Crippen LogP contribution in [0.25, 0.3) is 0 Å². The number of hydrogen-bond acceptors (Lipinski definition) is 2. The quantitative estimate of drug-likeness (QED) is 0.297. The van der Waals surface area contributed by atoms with Crippen molar-refractivity contribution in [3.8, 4) is 0 Å². The summed E-state index contributed by atoms with van der Waals surface area (Å²) < 4.78 is 54.9. The monoisotopic (exact) mass is 394 g/mol. The lowest BCUT2D eigenvalue weighted by atomic mass is 10.2. The molecule has 0 atom stereocenters. The second kappa shape index (κ2) is 8.17. The van der Waals surface area contributed by atoms with Crippen LogP contribution < -0.4 is 10.6 Å². The van der Waals surface area contributed by atoms with Crippen LogP contribution in [0.3, 0.4) is 0 Å². The molecule has 0 fully saturated rings. The summed E-state index contributed by atoms with van der Waals surface area (Å²) in [6.45, 7) is 0.118. The van der Waals surface area contributed by atoms with Crippen LogP contribution in [0.4, 0.5) is 23.2 Å². The first-order valence-corrected chi connectivity index (χ1v) is 8.28. The van der Waals surface area contributed by atoms with Gasteiger partial charge in [-0.2, -0.15) is 5.10 Å². The lowest BCUT2D eigenvalue weighted by Gasteiger charge is -2.09. The van der Waals surface area contributed by atoms with Crippen molar-refractivity contribution in [2.45, 2.75) is 13.1 Å². The van der Waals surface area contributed by atoms with Crippen molar-refractivity contribution >= 4 is 23.0 Å². The van der Waals surface area contributed by atoms with Gasteiger partial charge in [0, 0.05) is 24.4 Å². The number of thiocarbonyl (C=S) groups is 1. The molecule has 0 aliphatic heterocycles. The minimum Gasteiger partial charge on any atom is -0.358 e. The SMILES string of the molecule is Fc1cc(F)c(Cn2cc(NC(=S)NCc3ccccc3)cn2)c(F)c1F. The third-order valence-electron chi connectivity index (χ3n) is 3.72. The average Bonchev–Trinajstić information content (AvgIpc) is 3.09. The summed E-state index contributed by atoms with van der Waals surface area (Å²) in [4.78, 5) is 0.